The summed E-state index contributed by atoms with van der Waals surface area (Å²) < 4.78 is 10.5. The Morgan fingerprint density at radius 3 is 1.50 bits per heavy atom. The van der Waals surface area contributed by atoms with E-state index in [-0.39, 0.29) is 49.6 Å². The van der Waals surface area contributed by atoms with Gasteiger partial charge in [-0.2, -0.15) is 0 Å². The van der Waals surface area contributed by atoms with Crippen LogP contribution in [0.2, 0.25) is 0 Å². The van der Waals surface area contributed by atoms with Crippen LogP contribution in [0, 0.1) is 0 Å². The van der Waals surface area contributed by atoms with Gasteiger partial charge in [0, 0.05) is 58.8 Å². The first-order valence-corrected chi connectivity index (χ1v) is 11.6. The number of ether oxygens (including phenoxy) is 2. The van der Waals surface area contributed by atoms with Gasteiger partial charge in [-0.1, -0.05) is 20.8 Å². The van der Waals surface area contributed by atoms with E-state index >= 15 is 0 Å². The monoisotopic (exact) mass is 456 g/mol. The third-order valence-corrected chi connectivity index (χ3v) is 5.23. The Morgan fingerprint density at radius 1 is 0.688 bits per heavy atom. The van der Waals surface area contributed by atoms with Crippen LogP contribution in [0.4, 0.5) is 4.79 Å². The van der Waals surface area contributed by atoms with Crippen molar-refractivity contribution in [1.29, 1.82) is 0 Å². The molecule has 2 aliphatic rings. The molecular formula is C22H40N4O6. The second-order valence-corrected chi connectivity index (χ2v) is 7.76. The molecular weight excluding hydrogens is 416 g/mol. The molecule has 0 radical (unpaired) electrons. The predicted molar refractivity (Wildman–Crippen MR) is 120 cm³/mol. The van der Waals surface area contributed by atoms with Crippen LogP contribution < -0.4 is 0 Å². The number of ketones is 1. The van der Waals surface area contributed by atoms with Crippen molar-refractivity contribution in [1.82, 2.24) is 19.6 Å². The first-order valence-electron chi connectivity index (χ1n) is 11.6. The average Bonchev–Trinajstić information content (AvgIpc) is 2.83. The lowest BCUT2D eigenvalue weighted by Gasteiger charge is -2.40. The summed E-state index contributed by atoms with van der Waals surface area (Å²) in [5.41, 5.74) is 0. The third kappa shape index (κ3) is 9.12. The van der Waals surface area contributed by atoms with Crippen LogP contribution in [0.5, 0.6) is 0 Å². The molecule has 10 heteroatoms. The van der Waals surface area contributed by atoms with Crippen molar-refractivity contribution in [2.24, 2.45) is 0 Å². The van der Waals surface area contributed by atoms with Gasteiger partial charge in [0.15, 0.2) is 5.78 Å². The molecule has 2 rings (SSSR count). The maximum absolute atomic E-state index is 12.8. The molecule has 2 saturated heterocycles. The van der Waals surface area contributed by atoms with Gasteiger partial charge in [-0.25, -0.2) is 4.79 Å². The molecule has 0 bridgehead atoms. The van der Waals surface area contributed by atoms with Crippen molar-refractivity contribution in [3.63, 3.8) is 0 Å². The highest BCUT2D eigenvalue weighted by molar-refractivity contribution is 5.81. The van der Waals surface area contributed by atoms with Crippen molar-refractivity contribution in [3.8, 4) is 0 Å². The second kappa shape index (κ2) is 14.8. The molecule has 0 spiro atoms. The van der Waals surface area contributed by atoms with E-state index in [1.54, 1.807) is 26.5 Å². The van der Waals surface area contributed by atoms with E-state index in [4.69, 9.17) is 9.47 Å². The maximum Gasteiger partial charge on any atom is 0.320 e. The smallest absolute Gasteiger partial charge is 0.320 e. The Balaban J connectivity index is 0.00000249. The molecule has 10 nitrogen and oxygen atoms in total. The lowest BCUT2D eigenvalue weighted by atomic mass is 10.3. The summed E-state index contributed by atoms with van der Waals surface area (Å²) in [6.45, 7) is 13.2. The van der Waals surface area contributed by atoms with Gasteiger partial charge in [0.1, 0.15) is 19.8 Å². The van der Waals surface area contributed by atoms with Gasteiger partial charge in [-0.15, -0.1) is 0 Å². The molecule has 4 amide bonds. The normalized spacial score (nSPS) is 16.6. The zero-order valence-corrected chi connectivity index (χ0v) is 20.3. The molecule has 0 aromatic rings. The molecule has 32 heavy (non-hydrogen) atoms. The number of carbonyl (C=O) groups excluding carboxylic acids is 4. The van der Waals surface area contributed by atoms with Crippen LogP contribution in [0.3, 0.4) is 0 Å². The number of amides is 4. The molecule has 2 fully saturated rings. The van der Waals surface area contributed by atoms with Gasteiger partial charge in [0.25, 0.3) is 0 Å². The molecule has 0 aliphatic carbocycles. The van der Waals surface area contributed by atoms with Gasteiger partial charge in [-0.3, -0.25) is 14.4 Å². The molecule has 0 saturated carbocycles. The largest absolute Gasteiger partial charge is 0.369 e. The van der Waals surface area contributed by atoms with Gasteiger partial charge < -0.3 is 29.1 Å². The first kappa shape index (κ1) is 27.8. The van der Waals surface area contributed by atoms with Crippen molar-refractivity contribution in [2.45, 2.75) is 47.1 Å². The fraction of sp³-hybridized carbons (Fsp3) is 0.818. The Morgan fingerprint density at radius 2 is 1.09 bits per heavy atom. The summed E-state index contributed by atoms with van der Waals surface area (Å²) in [6.07, 6.45) is 0.399. The van der Waals surface area contributed by atoms with Crippen molar-refractivity contribution in [2.75, 3.05) is 72.2 Å². The Labute approximate surface area is 191 Å². The molecule has 0 N–H and O–H groups in total. The van der Waals surface area contributed by atoms with Crippen LogP contribution in [0.1, 0.15) is 41.0 Å². The lowest BCUT2D eigenvalue weighted by molar-refractivity contribution is -0.139. The number of Topliss-reactive ketones (excluding diaryl/α,β-unsaturated/α-hetero) is 1. The minimum atomic E-state index is -0.165. The Bertz CT molecular complexity index is 612. The van der Waals surface area contributed by atoms with E-state index < -0.39 is 0 Å². The average molecular weight is 457 g/mol. The van der Waals surface area contributed by atoms with Crippen LogP contribution >= 0.6 is 0 Å². The molecule has 0 aromatic carbocycles. The second-order valence-electron chi connectivity index (χ2n) is 7.76. The minimum Gasteiger partial charge on any atom is -0.369 e. The predicted octanol–water partition coefficient (Wildman–Crippen LogP) is 0.842. The SMILES string of the molecule is CC.CCC(=O)COCC(=O)N1CCN(C(=O)N2CCN(C(=O)COC(C)C)CC2)CC1. The standard InChI is InChI=1S/C20H34N4O6.C2H6/c1-4-17(25)13-29-14-18(26)21-5-9-23(10-6-21)20(28)24-11-7-22(8-12-24)19(27)15-30-16(2)3;1-2/h16H,4-15H2,1-3H3;1-2H3. The lowest BCUT2D eigenvalue weighted by Crippen LogP contribution is -2.58. The highest BCUT2D eigenvalue weighted by atomic mass is 16.5. The van der Waals surface area contributed by atoms with Gasteiger partial charge in [0.05, 0.1) is 6.10 Å². The van der Waals surface area contributed by atoms with Gasteiger partial charge >= 0.3 is 6.03 Å². The van der Waals surface area contributed by atoms with E-state index in [0.29, 0.717) is 58.8 Å². The molecule has 0 unspecified atom stereocenters. The number of urea groups is 1. The van der Waals surface area contributed by atoms with Crippen LogP contribution in [0.15, 0.2) is 0 Å². The summed E-state index contributed by atoms with van der Waals surface area (Å²) in [6, 6.07) is -0.0579. The number of piperazine rings is 2. The van der Waals surface area contributed by atoms with Crippen LogP contribution in [-0.2, 0) is 23.9 Å². The zero-order valence-electron chi connectivity index (χ0n) is 20.3. The summed E-state index contributed by atoms with van der Waals surface area (Å²) in [4.78, 5) is 55.2. The first-order chi connectivity index (χ1) is 15.3. The van der Waals surface area contributed by atoms with Crippen molar-refractivity contribution < 1.29 is 28.7 Å². The topological polar surface area (TPSA) is 99.7 Å². The fourth-order valence-electron chi connectivity index (χ4n) is 3.27. The fourth-order valence-corrected chi connectivity index (χ4v) is 3.27. The highest BCUT2D eigenvalue weighted by Crippen LogP contribution is 2.10. The van der Waals surface area contributed by atoms with Crippen molar-refractivity contribution >= 4 is 23.6 Å². The van der Waals surface area contributed by atoms with Crippen LogP contribution in [-0.4, -0.2) is 122 Å². The van der Waals surface area contributed by atoms with E-state index in [0.717, 1.165) is 0 Å². The molecule has 2 aliphatic heterocycles. The highest BCUT2D eigenvalue weighted by Gasteiger charge is 2.30. The molecule has 2 heterocycles. The van der Waals surface area contributed by atoms with Crippen molar-refractivity contribution in [3.05, 3.63) is 0 Å². The van der Waals surface area contributed by atoms with E-state index in [9.17, 15) is 19.2 Å². The number of rotatable bonds is 8. The van der Waals surface area contributed by atoms with E-state index in [1.165, 1.54) is 0 Å². The molecule has 184 valence electrons. The quantitative estimate of drug-likeness (QED) is 0.537. The Kier molecular flexibility index (Phi) is 12.9. The summed E-state index contributed by atoms with van der Waals surface area (Å²) in [5, 5.41) is 0. The van der Waals surface area contributed by atoms with Gasteiger partial charge in [-0.05, 0) is 13.8 Å². The number of carbonyl (C=O) groups is 4. The number of nitrogens with zero attached hydrogens (tertiary/aromatic N) is 4. The molecule has 0 aromatic heterocycles. The maximum atomic E-state index is 12.8. The van der Waals surface area contributed by atoms with E-state index in [2.05, 4.69) is 0 Å². The summed E-state index contributed by atoms with van der Waals surface area (Å²) in [7, 11) is 0. The summed E-state index contributed by atoms with van der Waals surface area (Å²) >= 11 is 0. The third-order valence-electron chi connectivity index (χ3n) is 5.23. The van der Waals surface area contributed by atoms with E-state index in [1.807, 2.05) is 27.7 Å². The minimum absolute atomic E-state index is 0.00719. The number of hydrogen-bond acceptors (Lipinski definition) is 6. The van der Waals surface area contributed by atoms with Crippen LogP contribution in [0.25, 0.3) is 0 Å². The zero-order chi connectivity index (χ0) is 24.1. The van der Waals surface area contributed by atoms with Gasteiger partial charge in [0.2, 0.25) is 11.8 Å². The Hall–Kier alpha value is -2.20. The molecule has 0 atom stereocenters. The number of hydrogen-bond donors (Lipinski definition) is 0. The summed E-state index contributed by atoms with van der Waals surface area (Å²) in [5.74, 6) is -0.250.